The van der Waals surface area contributed by atoms with Crippen LogP contribution in [0.5, 0.6) is 0 Å². The Labute approximate surface area is 367 Å². The number of rotatable bonds is 18. The number of carboxylic acid groups (broad SMARTS) is 1. The molecule has 14 nitrogen and oxygen atoms in total. The highest BCUT2D eigenvalue weighted by atomic mass is 35.5. The zero-order chi connectivity index (χ0) is 43.5. The molecular formula is C47H54ClN5O9. The SMILES string of the molecule is CC[C@](C)(NC(=O)[C@@H](N)CCCCOC(=O)c1ccccc1)C(=O)N[C@@H](Cc1ccc(NC(=O)OCC2c3ccccc3-c3ccccc32)cc1)C(=O)N1CCC[C@@H]1C(=O)O.Cl. The molecule has 1 aliphatic carbocycles. The largest absolute Gasteiger partial charge is 0.480 e. The average molecular weight is 868 g/mol. The van der Waals surface area contributed by atoms with Crippen molar-refractivity contribution in [3.05, 3.63) is 125 Å². The number of amides is 4. The zero-order valence-corrected chi connectivity index (χ0v) is 35.7. The van der Waals surface area contributed by atoms with Crippen LogP contribution in [0, 0.1) is 0 Å². The molecule has 1 fully saturated rings. The van der Waals surface area contributed by atoms with Gasteiger partial charge in [-0.05, 0) is 97.5 Å². The van der Waals surface area contributed by atoms with Crippen LogP contribution in [0.15, 0.2) is 103 Å². The molecule has 62 heavy (non-hydrogen) atoms. The molecule has 328 valence electrons. The lowest BCUT2D eigenvalue weighted by molar-refractivity contribution is -0.149. The summed E-state index contributed by atoms with van der Waals surface area (Å²) < 4.78 is 11.0. The van der Waals surface area contributed by atoms with Gasteiger partial charge in [-0.25, -0.2) is 14.4 Å². The number of ether oxygens (including phenoxy) is 2. The number of nitrogens with one attached hydrogen (secondary N) is 3. The van der Waals surface area contributed by atoms with Crippen molar-refractivity contribution in [2.45, 2.75) is 88.4 Å². The average Bonchev–Trinajstić information content (AvgIpc) is 3.89. The highest BCUT2D eigenvalue weighted by molar-refractivity contribution is 5.96. The Balaban J connectivity index is 0.00000726. The van der Waals surface area contributed by atoms with Crippen molar-refractivity contribution >= 4 is 53.8 Å². The number of carbonyl (C=O) groups excluding carboxylic acids is 5. The van der Waals surface area contributed by atoms with Crippen molar-refractivity contribution < 1.29 is 43.3 Å². The van der Waals surface area contributed by atoms with Crippen LogP contribution in [0.3, 0.4) is 0 Å². The minimum atomic E-state index is -1.47. The van der Waals surface area contributed by atoms with E-state index in [1.807, 2.05) is 36.4 Å². The fourth-order valence-electron chi connectivity index (χ4n) is 7.81. The first-order chi connectivity index (χ1) is 29.4. The minimum absolute atomic E-state index is 0. The summed E-state index contributed by atoms with van der Waals surface area (Å²) in [6.07, 6.45) is 1.55. The molecule has 4 amide bonds. The third-order valence-corrected chi connectivity index (χ3v) is 11.5. The Hall–Kier alpha value is -6.25. The van der Waals surface area contributed by atoms with Crippen LogP contribution in [-0.2, 0) is 35.1 Å². The van der Waals surface area contributed by atoms with Gasteiger partial charge in [0.15, 0.2) is 0 Å². The summed E-state index contributed by atoms with van der Waals surface area (Å²) >= 11 is 0. The van der Waals surface area contributed by atoms with Gasteiger partial charge in [-0.1, -0.05) is 85.8 Å². The van der Waals surface area contributed by atoms with E-state index < -0.39 is 59.4 Å². The van der Waals surface area contributed by atoms with Gasteiger partial charge >= 0.3 is 18.0 Å². The fraction of sp³-hybridized carbons (Fsp3) is 0.362. The van der Waals surface area contributed by atoms with Crippen LogP contribution in [0.4, 0.5) is 10.5 Å². The zero-order valence-electron chi connectivity index (χ0n) is 34.8. The number of nitrogens with two attached hydrogens (primary N) is 1. The third-order valence-electron chi connectivity index (χ3n) is 11.5. The second-order valence-corrected chi connectivity index (χ2v) is 15.7. The number of anilines is 1. The van der Waals surface area contributed by atoms with Gasteiger partial charge in [-0.3, -0.25) is 19.7 Å². The van der Waals surface area contributed by atoms with Crippen molar-refractivity contribution in [1.29, 1.82) is 0 Å². The van der Waals surface area contributed by atoms with E-state index >= 15 is 0 Å². The van der Waals surface area contributed by atoms with Crippen molar-refractivity contribution in [1.82, 2.24) is 15.5 Å². The summed E-state index contributed by atoms with van der Waals surface area (Å²) in [6, 6.07) is 28.3. The second kappa shape index (κ2) is 21.5. The van der Waals surface area contributed by atoms with Gasteiger partial charge in [0.25, 0.3) is 0 Å². The number of likely N-dealkylation sites (tertiary alicyclic amines) is 1. The second-order valence-electron chi connectivity index (χ2n) is 15.7. The third kappa shape index (κ3) is 11.4. The number of halogens is 1. The molecule has 4 aromatic rings. The molecule has 4 aromatic carbocycles. The number of nitrogens with zero attached hydrogens (tertiary/aromatic N) is 1. The molecule has 0 saturated carbocycles. The standard InChI is InChI=1S/C47H53N5O9.ClH/c1-3-47(2,51-41(53)38(48)20-11-12-27-60-44(57)31-14-5-4-6-15-31)45(58)50-39(42(54)52-26-13-21-40(52)43(55)56)28-30-22-24-32(25-23-30)49-46(59)61-29-37-35-18-9-7-16-33(35)34-17-8-10-19-36(34)37;/h4-10,14-19,22-25,37-40H,3,11-13,20-21,26-29,48H2,1-2H3,(H,49,59)(H,50,58)(H,51,53)(H,55,56);1H/t38-,39-,40+,47-;/m0./s1. The van der Waals surface area contributed by atoms with E-state index in [2.05, 4.69) is 28.1 Å². The number of benzene rings is 4. The molecule has 1 saturated heterocycles. The van der Waals surface area contributed by atoms with Gasteiger partial charge in [-0.2, -0.15) is 0 Å². The molecule has 4 atom stereocenters. The number of unbranched alkanes of at least 4 members (excludes halogenated alkanes) is 1. The van der Waals surface area contributed by atoms with E-state index in [0.717, 1.165) is 22.3 Å². The van der Waals surface area contributed by atoms with Gasteiger partial charge < -0.3 is 35.8 Å². The predicted molar refractivity (Wildman–Crippen MR) is 236 cm³/mol. The Bertz CT molecular complexity index is 2180. The maximum atomic E-state index is 14.0. The van der Waals surface area contributed by atoms with Crippen LogP contribution in [0.2, 0.25) is 0 Å². The van der Waals surface area contributed by atoms with E-state index in [-0.39, 0.29) is 63.8 Å². The first kappa shape index (κ1) is 46.8. The maximum absolute atomic E-state index is 14.0. The minimum Gasteiger partial charge on any atom is -0.480 e. The first-order valence-corrected chi connectivity index (χ1v) is 20.7. The molecule has 0 unspecified atom stereocenters. The highest BCUT2D eigenvalue weighted by Crippen LogP contribution is 2.44. The highest BCUT2D eigenvalue weighted by Gasteiger charge is 2.41. The van der Waals surface area contributed by atoms with Gasteiger partial charge in [-0.15, -0.1) is 12.4 Å². The van der Waals surface area contributed by atoms with E-state index in [0.29, 0.717) is 36.1 Å². The number of fused-ring (bicyclic) bond motifs is 3. The molecule has 0 bridgehead atoms. The monoisotopic (exact) mass is 867 g/mol. The molecule has 15 heteroatoms. The number of hydrogen-bond acceptors (Lipinski definition) is 9. The fourth-order valence-corrected chi connectivity index (χ4v) is 7.81. The van der Waals surface area contributed by atoms with Gasteiger partial charge in [0, 0.05) is 24.6 Å². The number of carbonyl (C=O) groups is 6. The molecule has 2 aliphatic rings. The van der Waals surface area contributed by atoms with Crippen LogP contribution < -0.4 is 21.7 Å². The van der Waals surface area contributed by atoms with Crippen molar-refractivity contribution in [2.24, 2.45) is 5.73 Å². The molecule has 6 rings (SSSR count). The van der Waals surface area contributed by atoms with Crippen LogP contribution in [-0.4, -0.2) is 89.2 Å². The summed E-state index contributed by atoms with van der Waals surface area (Å²) in [5, 5.41) is 18.2. The lowest BCUT2D eigenvalue weighted by Gasteiger charge is -2.33. The molecule has 0 spiro atoms. The normalized spacial score (nSPS) is 16.0. The molecule has 6 N–H and O–H groups in total. The smallest absolute Gasteiger partial charge is 0.411 e. The quantitative estimate of drug-likeness (QED) is 0.0565. The van der Waals surface area contributed by atoms with Crippen molar-refractivity contribution in [3.8, 4) is 11.1 Å². The lowest BCUT2D eigenvalue weighted by atomic mass is 9.95. The number of esters is 1. The van der Waals surface area contributed by atoms with Crippen molar-refractivity contribution in [3.63, 3.8) is 0 Å². The summed E-state index contributed by atoms with van der Waals surface area (Å²) in [5.74, 6) is -3.43. The van der Waals surface area contributed by atoms with Gasteiger partial charge in [0.1, 0.15) is 24.2 Å². The van der Waals surface area contributed by atoms with Crippen LogP contribution in [0.25, 0.3) is 11.1 Å². The first-order valence-electron chi connectivity index (χ1n) is 20.7. The maximum Gasteiger partial charge on any atom is 0.411 e. The number of hydrogen-bond donors (Lipinski definition) is 5. The Morgan fingerprint density at radius 1 is 0.855 bits per heavy atom. The Kier molecular flexibility index (Phi) is 16.2. The summed E-state index contributed by atoms with van der Waals surface area (Å²) in [5.41, 5.74) is 10.7. The van der Waals surface area contributed by atoms with E-state index in [9.17, 15) is 33.9 Å². The van der Waals surface area contributed by atoms with Gasteiger partial charge in [0.05, 0.1) is 18.2 Å². The Morgan fingerprint density at radius 2 is 1.48 bits per heavy atom. The molecule has 0 radical (unpaired) electrons. The molecule has 0 aromatic heterocycles. The van der Waals surface area contributed by atoms with Crippen LogP contribution in [0.1, 0.15) is 85.3 Å². The van der Waals surface area contributed by atoms with Crippen molar-refractivity contribution in [2.75, 3.05) is 25.1 Å². The van der Waals surface area contributed by atoms with Crippen LogP contribution >= 0.6 is 12.4 Å². The Morgan fingerprint density at radius 3 is 2.11 bits per heavy atom. The van der Waals surface area contributed by atoms with Gasteiger partial charge in [0.2, 0.25) is 17.7 Å². The van der Waals surface area contributed by atoms with E-state index in [1.165, 1.54) is 11.8 Å². The summed E-state index contributed by atoms with van der Waals surface area (Å²) in [4.78, 5) is 79.7. The lowest BCUT2D eigenvalue weighted by Crippen LogP contribution is -2.63. The molecule has 1 heterocycles. The topological polar surface area (TPSA) is 206 Å². The molecular weight excluding hydrogens is 814 g/mol. The predicted octanol–water partition coefficient (Wildman–Crippen LogP) is 6.21. The molecule has 1 aliphatic heterocycles. The number of aliphatic carboxylic acids is 1. The van der Waals surface area contributed by atoms with E-state index in [4.69, 9.17) is 15.2 Å². The number of carboxylic acids is 1. The summed E-state index contributed by atoms with van der Waals surface area (Å²) in [7, 11) is 0. The van der Waals surface area contributed by atoms with E-state index in [1.54, 1.807) is 61.5 Å². The summed E-state index contributed by atoms with van der Waals surface area (Å²) in [6.45, 7) is 3.77.